The minimum Gasteiger partial charge on any atom is -0.466 e. The van der Waals surface area contributed by atoms with Crippen LogP contribution in [0.5, 0.6) is 0 Å². The third-order valence-electron chi connectivity index (χ3n) is 7.50. The van der Waals surface area contributed by atoms with E-state index in [1.165, 1.54) is 0 Å². The van der Waals surface area contributed by atoms with Crippen LogP contribution in [0.4, 0.5) is 11.4 Å². The van der Waals surface area contributed by atoms with Gasteiger partial charge in [0.15, 0.2) is 0 Å². The van der Waals surface area contributed by atoms with Crippen molar-refractivity contribution in [1.29, 1.82) is 0 Å². The molecule has 1 amide bonds. The molecule has 5 N–H and O–H groups in total. The number of aryl methyl sites for hydroxylation is 1. The fraction of sp³-hybridized carbons (Fsp3) is 0.355. The Balaban J connectivity index is 2.00. The molecule has 3 aromatic rings. The molecule has 3 aromatic carbocycles. The number of ether oxygens (including phenoxy) is 1. The lowest BCUT2D eigenvalue weighted by molar-refractivity contribution is -0.137. The van der Waals surface area contributed by atoms with Crippen LogP contribution < -0.4 is 16.6 Å². The van der Waals surface area contributed by atoms with Gasteiger partial charge in [-0.25, -0.2) is 5.84 Å². The lowest BCUT2D eigenvalue weighted by Gasteiger charge is -2.30. The van der Waals surface area contributed by atoms with Gasteiger partial charge in [-0.2, -0.15) is 0 Å². The second kappa shape index (κ2) is 13.8. The topological polar surface area (TPSA) is 122 Å². The average molecular weight is 533 g/mol. The Labute approximate surface area is 231 Å². The number of carbonyl (C=O) groups is 2. The van der Waals surface area contributed by atoms with Crippen molar-refractivity contribution in [3.63, 3.8) is 0 Å². The van der Waals surface area contributed by atoms with Crippen molar-refractivity contribution in [1.82, 2.24) is 4.90 Å². The van der Waals surface area contributed by atoms with E-state index in [4.69, 9.17) is 16.3 Å². The van der Waals surface area contributed by atoms with Crippen molar-refractivity contribution >= 4 is 23.8 Å². The van der Waals surface area contributed by atoms with Crippen molar-refractivity contribution in [3.8, 4) is 0 Å². The van der Waals surface area contributed by atoms with Crippen LogP contribution in [0.15, 0.2) is 60.7 Å². The molecule has 0 aromatic heterocycles. The number of nitrogens with two attached hydrogens (primary N) is 2. The summed E-state index contributed by atoms with van der Waals surface area (Å²) in [5.41, 5.74) is 13.3. The summed E-state index contributed by atoms with van der Waals surface area (Å²) in [7, 11) is 1.74. The number of aliphatic hydroxyl groups excluding tert-OH is 1. The first-order chi connectivity index (χ1) is 18.7. The first kappa shape index (κ1) is 29.7. The summed E-state index contributed by atoms with van der Waals surface area (Å²) in [6.45, 7) is 6.84. The molecule has 0 unspecified atom stereocenters. The highest BCUT2D eigenvalue weighted by atomic mass is 16.5. The molecule has 0 heterocycles. The highest BCUT2D eigenvalue weighted by Gasteiger charge is 2.27. The molecule has 0 saturated heterocycles. The second-order valence-corrected chi connectivity index (χ2v) is 9.88. The number of hydrogen-bond donors (Lipinski definition) is 3. The first-order valence-electron chi connectivity index (χ1n) is 13.2. The molecule has 8 nitrogen and oxygen atoms in total. The van der Waals surface area contributed by atoms with E-state index < -0.39 is 0 Å². The van der Waals surface area contributed by atoms with Crippen molar-refractivity contribution < 1.29 is 19.4 Å². The van der Waals surface area contributed by atoms with Gasteiger partial charge in [-0.05, 0) is 66.6 Å². The van der Waals surface area contributed by atoms with Crippen molar-refractivity contribution in [2.24, 2.45) is 5.84 Å². The predicted molar refractivity (Wildman–Crippen MR) is 155 cm³/mol. The standard InChI is InChI=1S/C31H40N4O4/c1-5-35(33)29-14-13-27(22(3)31(29)32)28(24-12-11-21(2)25(16-24)18-36)17-30(38)34(4)26(19-39-20-37)15-23-9-7-6-8-10-23/h6-14,16,20,26,28,36H,5,15,17-19,32-33H2,1-4H3/t26-,28+/m0/s1. The summed E-state index contributed by atoms with van der Waals surface area (Å²) < 4.78 is 5.10. The van der Waals surface area contributed by atoms with E-state index in [9.17, 15) is 14.7 Å². The van der Waals surface area contributed by atoms with Crippen LogP contribution in [0.1, 0.15) is 52.6 Å². The number of benzene rings is 3. The smallest absolute Gasteiger partial charge is 0.293 e. The zero-order valence-electron chi connectivity index (χ0n) is 23.3. The number of hydrazine groups is 1. The van der Waals surface area contributed by atoms with Crippen LogP contribution in [0.2, 0.25) is 0 Å². The van der Waals surface area contributed by atoms with Crippen LogP contribution >= 0.6 is 0 Å². The Morgan fingerprint density at radius 3 is 2.46 bits per heavy atom. The summed E-state index contributed by atoms with van der Waals surface area (Å²) in [5, 5.41) is 11.5. The van der Waals surface area contributed by atoms with Gasteiger partial charge in [0, 0.05) is 25.9 Å². The Hall–Kier alpha value is -3.88. The van der Waals surface area contributed by atoms with Gasteiger partial charge in [-0.1, -0.05) is 54.6 Å². The monoisotopic (exact) mass is 532 g/mol. The highest BCUT2D eigenvalue weighted by molar-refractivity contribution is 5.79. The molecule has 8 heteroatoms. The largest absolute Gasteiger partial charge is 0.466 e. The fourth-order valence-corrected chi connectivity index (χ4v) is 4.88. The molecule has 0 fully saturated rings. The van der Waals surface area contributed by atoms with Crippen LogP contribution in [0, 0.1) is 13.8 Å². The molecule has 0 aliphatic heterocycles. The molecular formula is C31H40N4O4. The minimum absolute atomic E-state index is 0.0918. The number of anilines is 2. The van der Waals surface area contributed by atoms with Crippen molar-refractivity contribution in [3.05, 3.63) is 94.0 Å². The van der Waals surface area contributed by atoms with Crippen LogP contribution in [0.3, 0.4) is 0 Å². The van der Waals surface area contributed by atoms with Crippen LogP contribution in [-0.4, -0.2) is 48.6 Å². The summed E-state index contributed by atoms with van der Waals surface area (Å²) in [6, 6.07) is 19.2. The lowest BCUT2D eigenvalue weighted by atomic mass is 9.83. The number of aliphatic hydroxyl groups is 1. The minimum atomic E-state index is -0.333. The number of nitrogen functional groups attached to an aromatic ring is 1. The molecule has 0 aliphatic carbocycles. The molecular weight excluding hydrogens is 492 g/mol. The number of rotatable bonds is 13. The third-order valence-corrected chi connectivity index (χ3v) is 7.50. The normalized spacial score (nSPS) is 12.5. The molecule has 3 rings (SSSR count). The Kier molecular flexibility index (Phi) is 10.5. The van der Waals surface area contributed by atoms with E-state index >= 15 is 0 Å². The Morgan fingerprint density at radius 2 is 1.82 bits per heavy atom. The number of amides is 1. The number of likely N-dealkylation sites (N-methyl/N-ethyl adjacent to an activating group) is 1. The summed E-state index contributed by atoms with van der Waals surface area (Å²) >= 11 is 0. The van der Waals surface area contributed by atoms with Gasteiger partial charge in [0.05, 0.1) is 24.0 Å². The number of hydrogen-bond acceptors (Lipinski definition) is 7. The molecule has 0 bridgehead atoms. The molecule has 0 aliphatic rings. The second-order valence-electron chi connectivity index (χ2n) is 9.88. The Morgan fingerprint density at radius 1 is 1.10 bits per heavy atom. The number of carbonyl (C=O) groups excluding carboxylic acids is 2. The van der Waals surface area contributed by atoms with Gasteiger partial charge < -0.3 is 25.5 Å². The van der Waals surface area contributed by atoms with E-state index in [0.717, 1.165) is 39.1 Å². The average Bonchev–Trinajstić information content (AvgIpc) is 2.95. The van der Waals surface area contributed by atoms with E-state index in [1.54, 1.807) is 17.0 Å². The SMILES string of the molecule is CCN(N)c1ccc([C@H](CC(=O)N(C)[C@H](COC=O)Cc2ccccc2)c2ccc(C)c(CO)c2)c(C)c1N. The van der Waals surface area contributed by atoms with Crippen molar-refractivity contribution in [2.75, 3.05) is 30.9 Å². The summed E-state index contributed by atoms with van der Waals surface area (Å²) in [4.78, 5) is 26.5. The molecule has 0 spiro atoms. The van der Waals surface area contributed by atoms with Gasteiger partial charge in [0.1, 0.15) is 6.61 Å². The maximum Gasteiger partial charge on any atom is 0.293 e. The first-order valence-corrected chi connectivity index (χ1v) is 13.2. The fourth-order valence-electron chi connectivity index (χ4n) is 4.88. The molecule has 39 heavy (non-hydrogen) atoms. The molecule has 0 radical (unpaired) electrons. The third kappa shape index (κ3) is 7.16. The van der Waals surface area contributed by atoms with E-state index in [-0.39, 0.29) is 37.5 Å². The summed E-state index contributed by atoms with van der Waals surface area (Å²) in [6.07, 6.45) is 0.710. The van der Waals surface area contributed by atoms with Gasteiger partial charge in [0.25, 0.3) is 6.47 Å². The maximum absolute atomic E-state index is 13.8. The molecule has 2 atom stereocenters. The lowest BCUT2D eigenvalue weighted by Crippen LogP contribution is -2.42. The van der Waals surface area contributed by atoms with Crippen LogP contribution in [-0.2, 0) is 27.4 Å². The van der Waals surface area contributed by atoms with Crippen molar-refractivity contribution in [2.45, 2.75) is 52.2 Å². The molecule has 208 valence electrons. The zero-order chi connectivity index (χ0) is 28.5. The highest BCUT2D eigenvalue weighted by Crippen LogP contribution is 2.37. The van der Waals surface area contributed by atoms with Gasteiger partial charge in [-0.15, -0.1) is 0 Å². The zero-order valence-corrected chi connectivity index (χ0v) is 23.3. The summed E-state index contributed by atoms with van der Waals surface area (Å²) in [5.74, 6) is 5.72. The Bertz CT molecular complexity index is 1260. The van der Waals surface area contributed by atoms with E-state index in [1.807, 2.05) is 81.4 Å². The maximum atomic E-state index is 13.8. The number of nitrogens with zero attached hydrogens (tertiary/aromatic N) is 2. The van der Waals surface area contributed by atoms with Gasteiger partial charge in [-0.3, -0.25) is 9.59 Å². The van der Waals surface area contributed by atoms with Gasteiger partial charge >= 0.3 is 0 Å². The van der Waals surface area contributed by atoms with E-state index in [2.05, 4.69) is 0 Å². The predicted octanol–water partition coefficient (Wildman–Crippen LogP) is 3.84. The quantitative estimate of drug-likeness (QED) is 0.132. The molecule has 0 saturated carbocycles. The van der Waals surface area contributed by atoms with Gasteiger partial charge in [0.2, 0.25) is 5.91 Å². The van der Waals surface area contributed by atoms with Crippen LogP contribution in [0.25, 0.3) is 0 Å². The van der Waals surface area contributed by atoms with E-state index in [0.29, 0.717) is 25.1 Å².